The summed E-state index contributed by atoms with van der Waals surface area (Å²) in [6, 6.07) is -0.129. The molecule has 2 rings (SSSR count). The molecular weight excluding hydrogens is 272 g/mol. The van der Waals surface area contributed by atoms with E-state index in [1.54, 1.807) is 4.90 Å². The highest BCUT2D eigenvalue weighted by Gasteiger charge is 2.39. The van der Waals surface area contributed by atoms with E-state index in [0.717, 1.165) is 24.3 Å². The van der Waals surface area contributed by atoms with E-state index in [2.05, 4.69) is 19.2 Å². The van der Waals surface area contributed by atoms with Gasteiger partial charge in [0, 0.05) is 11.8 Å². The van der Waals surface area contributed by atoms with Crippen molar-refractivity contribution in [2.75, 3.05) is 18.1 Å². The Morgan fingerprint density at radius 3 is 2.65 bits per heavy atom. The third-order valence-electron chi connectivity index (χ3n) is 4.40. The van der Waals surface area contributed by atoms with Crippen LogP contribution >= 0.6 is 11.8 Å². The number of rotatable bonds is 5. The molecule has 0 radical (unpaired) electrons. The molecule has 0 aromatic heterocycles. The second-order valence-electron chi connectivity index (χ2n) is 5.92. The highest BCUT2D eigenvalue weighted by Crippen LogP contribution is 2.29. The van der Waals surface area contributed by atoms with Crippen molar-refractivity contribution in [2.45, 2.75) is 58.0 Å². The normalized spacial score (nSPS) is 26.5. The third kappa shape index (κ3) is 3.68. The van der Waals surface area contributed by atoms with Crippen LogP contribution in [0.3, 0.4) is 0 Å². The number of nitrogens with one attached hydrogen (secondary N) is 1. The van der Waals surface area contributed by atoms with Crippen molar-refractivity contribution >= 4 is 23.6 Å². The molecule has 2 unspecified atom stereocenters. The number of piperazine rings is 1. The van der Waals surface area contributed by atoms with Gasteiger partial charge in [-0.3, -0.25) is 9.59 Å². The summed E-state index contributed by atoms with van der Waals surface area (Å²) in [6.45, 7) is 4.40. The molecule has 1 saturated heterocycles. The summed E-state index contributed by atoms with van der Waals surface area (Å²) in [6.07, 6.45) is 5.78. The summed E-state index contributed by atoms with van der Waals surface area (Å²) in [5, 5.41) is 2.94. The zero-order valence-electron chi connectivity index (χ0n) is 12.6. The predicted octanol–water partition coefficient (Wildman–Crippen LogP) is 2.04. The van der Waals surface area contributed by atoms with Crippen LogP contribution in [0.4, 0.5) is 0 Å². The molecule has 0 bridgehead atoms. The molecule has 2 atom stereocenters. The highest BCUT2D eigenvalue weighted by atomic mass is 32.2. The van der Waals surface area contributed by atoms with Gasteiger partial charge in [0.25, 0.3) is 0 Å². The molecule has 114 valence electrons. The van der Waals surface area contributed by atoms with Gasteiger partial charge in [-0.25, -0.2) is 0 Å². The zero-order chi connectivity index (χ0) is 14.5. The van der Waals surface area contributed by atoms with Crippen LogP contribution in [-0.4, -0.2) is 46.8 Å². The molecule has 1 aliphatic carbocycles. The number of nitrogens with zero attached hydrogens (tertiary/aromatic N) is 1. The van der Waals surface area contributed by atoms with Crippen molar-refractivity contribution in [3.05, 3.63) is 0 Å². The van der Waals surface area contributed by atoms with E-state index < -0.39 is 0 Å². The molecule has 1 saturated carbocycles. The monoisotopic (exact) mass is 298 g/mol. The molecule has 20 heavy (non-hydrogen) atoms. The summed E-state index contributed by atoms with van der Waals surface area (Å²) < 4.78 is 0. The van der Waals surface area contributed by atoms with Gasteiger partial charge in [0.1, 0.15) is 6.04 Å². The Balaban J connectivity index is 2.02. The van der Waals surface area contributed by atoms with E-state index in [1.165, 1.54) is 19.3 Å². The maximum atomic E-state index is 12.7. The lowest BCUT2D eigenvalue weighted by atomic mass is 9.82. The Kier molecular flexibility index (Phi) is 5.75. The summed E-state index contributed by atoms with van der Waals surface area (Å²) >= 11 is 1.82. The van der Waals surface area contributed by atoms with Gasteiger partial charge in [0.2, 0.25) is 11.8 Å². The van der Waals surface area contributed by atoms with Gasteiger partial charge in [-0.1, -0.05) is 26.2 Å². The molecule has 0 aromatic rings. The largest absolute Gasteiger partial charge is 0.342 e. The summed E-state index contributed by atoms with van der Waals surface area (Å²) in [5.41, 5.74) is 0. The molecule has 1 aliphatic heterocycles. The maximum Gasteiger partial charge on any atom is 0.246 e. The number of hydrogen-bond acceptors (Lipinski definition) is 3. The number of thioether (sulfide) groups is 1. The summed E-state index contributed by atoms with van der Waals surface area (Å²) in [4.78, 5) is 26.4. The van der Waals surface area contributed by atoms with Crippen molar-refractivity contribution in [1.82, 2.24) is 10.2 Å². The van der Waals surface area contributed by atoms with Gasteiger partial charge in [0.15, 0.2) is 0 Å². The first-order chi connectivity index (χ1) is 9.63. The predicted molar refractivity (Wildman–Crippen MR) is 82.7 cm³/mol. The van der Waals surface area contributed by atoms with Crippen LogP contribution in [0.15, 0.2) is 0 Å². The van der Waals surface area contributed by atoms with Crippen LogP contribution < -0.4 is 5.32 Å². The molecule has 2 aliphatic rings. The Morgan fingerprint density at radius 1 is 1.30 bits per heavy atom. The maximum absolute atomic E-state index is 12.7. The SMILES string of the molecule is CCSCC(C)N1CC(=O)NC(C2CCCCC2)C1=O. The molecule has 5 heteroatoms. The second-order valence-corrected chi connectivity index (χ2v) is 7.24. The average Bonchev–Trinajstić information content (AvgIpc) is 2.47. The van der Waals surface area contributed by atoms with Crippen molar-refractivity contribution in [1.29, 1.82) is 0 Å². The van der Waals surface area contributed by atoms with E-state index in [4.69, 9.17) is 0 Å². The fourth-order valence-corrected chi connectivity index (χ4v) is 3.99. The Morgan fingerprint density at radius 2 is 2.00 bits per heavy atom. The first kappa shape index (κ1) is 15.7. The Labute approximate surface area is 126 Å². The van der Waals surface area contributed by atoms with Crippen LogP contribution in [0.1, 0.15) is 46.0 Å². The minimum Gasteiger partial charge on any atom is -0.342 e. The smallest absolute Gasteiger partial charge is 0.246 e. The molecule has 4 nitrogen and oxygen atoms in total. The van der Waals surface area contributed by atoms with Gasteiger partial charge in [-0.15, -0.1) is 0 Å². The standard InChI is InChI=1S/C15H26N2O2S/c1-3-20-10-11(2)17-9-13(18)16-14(15(17)19)12-7-5-4-6-8-12/h11-12,14H,3-10H2,1-2H3,(H,16,18). The minimum absolute atomic E-state index is 0.00789. The topological polar surface area (TPSA) is 49.4 Å². The number of hydrogen-bond donors (Lipinski definition) is 1. The lowest BCUT2D eigenvalue weighted by molar-refractivity contribution is -0.147. The Bertz CT molecular complexity index is 356. The average molecular weight is 298 g/mol. The lowest BCUT2D eigenvalue weighted by Gasteiger charge is -2.40. The fraction of sp³-hybridized carbons (Fsp3) is 0.867. The highest BCUT2D eigenvalue weighted by molar-refractivity contribution is 7.99. The summed E-state index contributed by atoms with van der Waals surface area (Å²) in [5.74, 6) is 2.45. The van der Waals surface area contributed by atoms with Gasteiger partial charge in [0.05, 0.1) is 6.54 Å². The van der Waals surface area contributed by atoms with Gasteiger partial charge in [-0.2, -0.15) is 11.8 Å². The molecule has 2 fully saturated rings. The first-order valence-corrected chi connectivity index (χ1v) is 8.96. The Hall–Kier alpha value is -0.710. The summed E-state index contributed by atoms with van der Waals surface area (Å²) in [7, 11) is 0. The van der Waals surface area contributed by atoms with E-state index in [-0.39, 0.29) is 30.4 Å². The molecule has 1 N–H and O–H groups in total. The number of carbonyl (C=O) groups excluding carboxylic acids is 2. The lowest BCUT2D eigenvalue weighted by Crippen LogP contribution is -2.62. The van der Waals surface area contributed by atoms with Crippen molar-refractivity contribution in [3.8, 4) is 0 Å². The van der Waals surface area contributed by atoms with Crippen LogP contribution in [0.2, 0.25) is 0 Å². The number of carbonyl (C=O) groups is 2. The molecule has 1 heterocycles. The van der Waals surface area contributed by atoms with E-state index in [9.17, 15) is 9.59 Å². The molecule has 0 spiro atoms. The van der Waals surface area contributed by atoms with E-state index in [1.807, 2.05) is 11.8 Å². The van der Waals surface area contributed by atoms with Crippen molar-refractivity contribution in [3.63, 3.8) is 0 Å². The third-order valence-corrected chi connectivity index (χ3v) is 5.52. The van der Waals surface area contributed by atoms with Gasteiger partial charge < -0.3 is 10.2 Å². The van der Waals surface area contributed by atoms with Gasteiger partial charge >= 0.3 is 0 Å². The minimum atomic E-state index is -0.273. The van der Waals surface area contributed by atoms with Crippen LogP contribution in [0, 0.1) is 5.92 Å². The number of amides is 2. The quantitative estimate of drug-likeness (QED) is 0.845. The second kappa shape index (κ2) is 7.34. The molecular formula is C15H26N2O2S. The first-order valence-electron chi connectivity index (χ1n) is 7.81. The van der Waals surface area contributed by atoms with Crippen LogP contribution in [-0.2, 0) is 9.59 Å². The van der Waals surface area contributed by atoms with E-state index in [0.29, 0.717) is 5.92 Å². The van der Waals surface area contributed by atoms with E-state index >= 15 is 0 Å². The van der Waals surface area contributed by atoms with Crippen LogP contribution in [0.5, 0.6) is 0 Å². The molecule has 2 amide bonds. The molecule has 0 aromatic carbocycles. The van der Waals surface area contributed by atoms with Crippen molar-refractivity contribution < 1.29 is 9.59 Å². The van der Waals surface area contributed by atoms with Gasteiger partial charge in [-0.05, 0) is 31.4 Å². The van der Waals surface area contributed by atoms with Crippen LogP contribution in [0.25, 0.3) is 0 Å². The fourth-order valence-electron chi connectivity index (χ4n) is 3.23. The zero-order valence-corrected chi connectivity index (χ0v) is 13.4. The van der Waals surface area contributed by atoms with Crippen molar-refractivity contribution in [2.24, 2.45) is 5.92 Å².